The number of amides is 1. The van der Waals surface area contributed by atoms with E-state index in [2.05, 4.69) is 13.8 Å². The van der Waals surface area contributed by atoms with E-state index < -0.39 is 0 Å². The van der Waals surface area contributed by atoms with Crippen LogP contribution in [0.15, 0.2) is 0 Å². The van der Waals surface area contributed by atoms with Crippen LogP contribution in [-0.4, -0.2) is 41.2 Å². The van der Waals surface area contributed by atoms with Gasteiger partial charge in [-0.2, -0.15) is 11.8 Å². The van der Waals surface area contributed by atoms with E-state index in [9.17, 15) is 4.79 Å². The number of carbonyl (C=O) groups excluding carboxylic acids is 1. The van der Waals surface area contributed by atoms with E-state index in [4.69, 9.17) is 4.74 Å². The molecule has 0 aliphatic carbocycles. The van der Waals surface area contributed by atoms with Gasteiger partial charge in [0.2, 0.25) is 5.91 Å². The number of ether oxygens (including phenoxy) is 1. The zero-order valence-corrected chi connectivity index (χ0v) is 9.55. The molecule has 4 heteroatoms. The van der Waals surface area contributed by atoms with Gasteiger partial charge >= 0.3 is 0 Å². The maximum atomic E-state index is 11.8. The van der Waals surface area contributed by atoms with Gasteiger partial charge in [0.25, 0.3) is 0 Å². The molecule has 2 aliphatic rings. The van der Waals surface area contributed by atoms with Gasteiger partial charge in [-0.3, -0.25) is 4.79 Å². The second-order valence-electron chi connectivity index (χ2n) is 4.24. The number of rotatable bonds is 1. The Balaban J connectivity index is 2.14. The predicted molar refractivity (Wildman–Crippen MR) is 57.2 cm³/mol. The summed E-state index contributed by atoms with van der Waals surface area (Å²) in [6.45, 7) is 5.03. The second kappa shape index (κ2) is 4.11. The molecule has 14 heavy (non-hydrogen) atoms. The van der Waals surface area contributed by atoms with Crippen LogP contribution in [-0.2, 0) is 9.53 Å². The average Bonchev–Trinajstić information content (AvgIpc) is 2.48. The molecule has 0 N–H and O–H groups in total. The molecular formula is C10H17NO2S. The normalized spacial score (nSPS) is 33.4. The van der Waals surface area contributed by atoms with E-state index in [0.29, 0.717) is 17.7 Å². The number of thioether (sulfide) groups is 1. The molecule has 2 fully saturated rings. The largest absolute Gasteiger partial charge is 0.356 e. The zero-order chi connectivity index (χ0) is 10.1. The molecule has 0 aromatic rings. The number of nitrogens with zero attached hydrogens (tertiary/aromatic N) is 1. The van der Waals surface area contributed by atoms with Crippen molar-refractivity contribution in [2.24, 2.45) is 5.92 Å². The van der Waals surface area contributed by atoms with Crippen LogP contribution in [0.1, 0.15) is 20.3 Å². The van der Waals surface area contributed by atoms with Gasteiger partial charge in [-0.05, 0) is 11.7 Å². The monoisotopic (exact) mass is 215 g/mol. The van der Waals surface area contributed by atoms with Crippen molar-refractivity contribution in [2.45, 2.75) is 32.5 Å². The highest BCUT2D eigenvalue weighted by molar-refractivity contribution is 7.99. The minimum Gasteiger partial charge on any atom is -0.356 e. The Bertz CT molecular complexity index is 232. The molecule has 2 unspecified atom stereocenters. The molecule has 0 spiro atoms. The molecule has 0 aromatic carbocycles. The Kier molecular flexibility index (Phi) is 3.02. The SMILES string of the molecule is CC(C)C1COC2CCSCC(=O)N21. The van der Waals surface area contributed by atoms with Gasteiger partial charge in [0.15, 0.2) is 0 Å². The van der Waals surface area contributed by atoms with Gasteiger partial charge in [-0.25, -0.2) is 0 Å². The van der Waals surface area contributed by atoms with Gasteiger partial charge in [0.1, 0.15) is 6.23 Å². The zero-order valence-electron chi connectivity index (χ0n) is 8.73. The van der Waals surface area contributed by atoms with Gasteiger partial charge in [-0.15, -0.1) is 0 Å². The fourth-order valence-electron chi connectivity index (χ4n) is 2.08. The number of fused-ring (bicyclic) bond motifs is 1. The predicted octanol–water partition coefficient (Wildman–Crippen LogP) is 1.33. The molecule has 2 heterocycles. The summed E-state index contributed by atoms with van der Waals surface area (Å²) in [5, 5.41) is 0. The molecule has 0 saturated carbocycles. The molecule has 80 valence electrons. The molecule has 0 aromatic heterocycles. The molecule has 0 radical (unpaired) electrons. The first-order valence-corrected chi connectivity index (χ1v) is 6.36. The summed E-state index contributed by atoms with van der Waals surface area (Å²) < 4.78 is 5.67. The van der Waals surface area contributed by atoms with E-state index in [1.807, 2.05) is 4.90 Å². The summed E-state index contributed by atoms with van der Waals surface area (Å²) in [5.41, 5.74) is 0. The first-order chi connectivity index (χ1) is 6.70. The minimum absolute atomic E-state index is 0.0601. The molecule has 2 rings (SSSR count). The topological polar surface area (TPSA) is 29.5 Å². The van der Waals surface area contributed by atoms with Crippen LogP contribution in [0.25, 0.3) is 0 Å². The number of hydrogen-bond acceptors (Lipinski definition) is 3. The van der Waals surface area contributed by atoms with Gasteiger partial charge in [0.05, 0.1) is 18.4 Å². The van der Waals surface area contributed by atoms with Crippen molar-refractivity contribution in [3.05, 3.63) is 0 Å². The summed E-state index contributed by atoms with van der Waals surface area (Å²) in [6.07, 6.45) is 1.05. The third-order valence-electron chi connectivity index (χ3n) is 2.92. The van der Waals surface area contributed by atoms with E-state index in [1.54, 1.807) is 11.8 Å². The van der Waals surface area contributed by atoms with Crippen LogP contribution in [0.4, 0.5) is 0 Å². The highest BCUT2D eigenvalue weighted by Crippen LogP contribution is 2.29. The van der Waals surface area contributed by atoms with Crippen molar-refractivity contribution >= 4 is 17.7 Å². The first-order valence-electron chi connectivity index (χ1n) is 5.20. The van der Waals surface area contributed by atoms with Crippen molar-refractivity contribution in [3.8, 4) is 0 Å². The fraction of sp³-hybridized carbons (Fsp3) is 0.900. The molecule has 3 nitrogen and oxygen atoms in total. The Morgan fingerprint density at radius 2 is 2.36 bits per heavy atom. The third kappa shape index (κ3) is 1.77. The molecule has 1 amide bonds. The van der Waals surface area contributed by atoms with Gasteiger partial charge < -0.3 is 9.64 Å². The number of carbonyl (C=O) groups is 1. The standard InChI is InChI=1S/C10H17NO2S/c1-7(2)8-5-13-10-3-4-14-6-9(12)11(8)10/h7-8,10H,3-6H2,1-2H3. The van der Waals surface area contributed by atoms with E-state index in [0.717, 1.165) is 18.8 Å². The summed E-state index contributed by atoms with van der Waals surface area (Å²) in [5.74, 6) is 2.42. The minimum atomic E-state index is 0.0601. The van der Waals surface area contributed by atoms with Crippen LogP contribution in [0.3, 0.4) is 0 Å². The van der Waals surface area contributed by atoms with Crippen molar-refractivity contribution < 1.29 is 9.53 Å². The van der Waals surface area contributed by atoms with Crippen LogP contribution in [0, 0.1) is 5.92 Å². The highest BCUT2D eigenvalue weighted by Gasteiger charge is 2.39. The Labute approximate surface area is 89.2 Å². The second-order valence-corrected chi connectivity index (χ2v) is 5.35. The van der Waals surface area contributed by atoms with Crippen LogP contribution >= 0.6 is 11.8 Å². The van der Waals surface area contributed by atoms with Crippen molar-refractivity contribution in [3.63, 3.8) is 0 Å². The van der Waals surface area contributed by atoms with Crippen molar-refractivity contribution in [1.29, 1.82) is 0 Å². The maximum Gasteiger partial charge on any atom is 0.234 e. The summed E-state index contributed by atoms with van der Waals surface area (Å²) in [7, 11) is 0. The fourth-order valence-corrected chi connectivity index (χ4v) is 2.92. The number of hydrogen-bond donors (Lipinski definition) is 0. The lowest BCUT2D eigenvalue weighted by Gasteiger charge is -2.28. The van der Waals surface area contributed by atoms with E-state index in [-0.39, 0.29) is 12.1 Å². The van der Waals surface area contributed by atoms with Crippen molar-refractivity contribution in [1.82, 2.24) is 4.90 Å². The Hall–Kier alpha value is -0.220. The average molecular weight is 215 g/mol. The van der Waals surface area contributed by atoms with E-state index >= 15 is 0 Å². The quantitative estimate of drug-likeness (QED) is 0.661. The Morgan fingerprint density at radius 3 is 3.07 bits per heavy atom. The third-order valence-corrected chi connectivity index (χ3v) is 3.89. The summed E-state index contributed by atoms with van der Waals surface area (Å²) in [6, 6.07) is 0.297. The first kappa shape index (κ1) is 10.3. The summed E-state index contributed by atoms with van der Waals surface area (Å²) >= 11 is 1.72. The van der Waals surface area contributed by atoms with Crippen molar-refractivity contribution in [2.75, 3.05) is 18.1 Å². The molecular weight excluding hydrogens is 198 g/mol. The van der Waals surface area contributed by atoms with E-state index in [1.165, 1.54) is 0 Å². The lowest BCUT2D eigenvalue weighted by molar-refractivity contribution is -0.135. The Morgan fingerprint density at radius 1 is 1.57 bits per heavy atom. The van der Waals surface area contributed by atoms with Crippen LogP contribution < -0.4 is 0 Å². The summed E-state index contributed by atoms with van der Waals surface area (Å²) in [4.78, 5) is 13.8. The molecule has 2 atom stereocenters. The van der Waals surface area contributed by atoms with Crippen LogP contribution in [0.5, 0.6) is 0 Å². The maximum absolute atomic E-state index is 11.8. The molecule has 0 bridgehead atoms. The smallest absolute Gasteiger partial charge is 0.234 e. The molecule has 2 saturated heterocycles. The lowest BCUT2D eigenvalue weighted by atomic mass is 10.0. The highest BCUT2D eigenvalue weighted by atomic mass is 32.2. The van der Waals surface area contributed by atoms with Crippen LogP contribution in [0.2, 0.25) is 0 Å². The molecule has 2 aliphatic heterocycles. The van der Waals surface area contributed by atoms with Gasteiger partial charge in [-0.1, -0.05) is 13.8 Å². The van der Waals surface area contributed by atoms with Gasteiger partial charge in [0, 0.05) is 6.42 Å². The lowest BCUT2D eigenvalue weighted by Crippen LogP contribution is -2.44.